The largest absolute Gasteiger partial charge is 0.500 e. The molecule has 0 amide bonds. The van der Waals surface area contributed by atoms with Crippen molar-refractivity contribution in [3.05, 3.63) is 52.4 Å². The van der Waals surface area contributed by atoms with Gasteiger partial charge in [-0.05, 0) is 6.07 Å². The highest BCUT2D eigenvalue weighted by Crippen LogP contribution is 2.31. The van der Waals surface area contributed by atoms with Crippen LogP contribution in [-0.2, 0) is 0 Å². The van der Waals surface area contributed by atoms with Crippen molar-refractivity contribution in [2.24, 2.45) is 0 Å². The van der Waals surface area contributed by atoms with Gasteiger partial charge in [0.25, 0.3) is 5.69 Å². The number of rotatable bonds is 4. The molecule has 0 aromatic heterocycles. The van der Waals surface area contributed by atoms with Crippen LogP contribution in [0.4, 0.5) is 11.4 Å². The van der Waals surface area contributed by atoms with E-state index in [1.165, 1.54) is 24.3 Å². The predicted molar refractivity (Wildman–Crippen MR) is 55.1 cm³/mol. The van der Waals surface area contributed by atoms with Crippen LogP contribution < -0.4 is 4.74 Å². The van der Waals surface area contributed by atoms with E-state index in [4.69, 9.17) is 11.3 Å². The zero-order valence-electron chi connectivity index (χ0n) is 7.84. The van der Waals surface area contributed by atoms with E-state index in [-0.39, 0.29) is 23.7 Å². The number of hydrogen-bond acceptors (Lipinski definition) is 3. The highest BCUT2D eigenvalue weighted by Gasteiger charge is 2.11. The molecule has 0 aliphatic rings. The van der Waals surface area contributed by atoms with Crippen molar-refractivity contribution < 1.29 is 9.66 Å². The highest BCUT2D eigenvalue weighted by molar-refractivity contribution is 5.61. The summed E-state index contributed by atoms with van der Waals surface area (Å²) in [6, 6.07) is 3.87. The van der Waals surface area contributed by atoms with Gasteiger partial charge >= 0.3 is 0 Å². The fourth-order valence-electron chi connectivity index (χ4n) is 0.973. The molecule has 1 rings (SSSR count). The number of nitro benzene ring substituents is 1. The van der Waals surface area contributed by atoms with E-state index in [1.807, 2.05) is 0 Å². The van der Waals surface area contributed by atoms with Gasteiger partial charge in [0.05, 0.1) is 11.5 Å². The van der Waals surface area contributed by atoms with Crippen molar-refractivity contribution in [2.75, 3.05) is 6.61 Å². The molecule has 0 radical (unpaired) electrons. The third-order valence-electron chi connectivity index (χ3n) is 1.63. The lowest BCUT2D eigenvalue weighted by Crippen LogP contribution is -1.94. The molecule has 5 nitrogen and oxygen atoms in total. The summed E-state index contributed by atoms with van der Waals surface area (Å²) >= 11 is 0. The van der Waals surface area contributed by atoms with Crippen LogP contribution in [0.25, 0.3) is 4.85 Å². The Morgan fingerprint density at radius 2 is 2.40 bits per heavy atom. The fraction of sp³-hybridized carbons (Fsp3) is 0.100. The Balaban J connectivity index is 3.08. The van der Waals surface area contributed by atoms with Crippen molar-refractivity contribution in [1.29, 1.82) is 0 Å². The molecule has 0 fully saturated rings. The van der Waals surface area contributed by atoms with E-state index in [2.05, 4.69) is 11.4 Å². The van der Waals surface area contributed by atoms with Gasteiger partial charge in [0, 0.05) is 12.1 Å². The van der Waals surface area contributed by atoms with Crippen molar-refractivity contribution in [3.8, 4) is 5.75 Å². The topological polar surface area (TPSA) is 56.7 Å². The Kier molecular flexibility index (Phi) is 3.41. The number of benzene rings is 1. The molecule has 5 heteroatoms. The Bertz CT molecular complexity index is 435. The molecule has 0 atom stereocenters. The molecule has 0 heterocycles. The van der Waals surface area contributed by atoms with Gasteiger partial charge in [-0.2, -0.15) is 0 Å². The predicted octanol–water partition coefficient (Wildman–Crippen LogP) is 2.71. The summed E-state index contributed by atoms with van der Waals surface area (Å²) < 4.78 is 5.13. The summed E-state index contributed by atoms with van der Waals surface area (Å²) in [5.41, 5.74) is 0.156. The monoisotopic (exact) mass is 204 g/mol. The second-order valence-electron chi connectivity index (χ2n) is 2.62. The average molecular weight is 204 g/mol. The number of non-ortho nitro benzene ring substituents is 1. The minimum absolute atomic E-state index is 0.0959. The van der Waals surface area contributed by atoms with Crippen LogP contribution >= 0.6 is 0 Å². The quantitative estimate of drug-likeness (QED) is 0.328. The van der Waals surface area contributed by atoms with Crippen LogP contribution in [-0.4, -0.2) is 11.5 Å². The lowest BCUT2D eigenvalue weighted by molar-refractivity contribution is -0.384. The highest BCUT2D eigenvalue weighted by atomic mass is 16.6. The van der Waals surface area contributed by atoms with Crippen LogP contribution in [0.3, 0.4) is 0 Å². The molecule has 1 aromatic carbocycles. The number of ether oxygens (including phenoxy) is 1. The molecule has 15 heavy (non-hydrogen) atoms. The van der Waals surface area contributed by atoms with Crippen molar-refractivity contribution in [1.82, 2.24) is 0 Å². The van der Waals surface area contributed by atoms with Gasteiger partial charge in [0.1, 0.15) is 12.4 Å². The summed E-state index contributed by atoms with van der Waals surface area (Å²) in [7, 11) is 0. The molecule has 0 aliphatic carbocycles. The van der Waals surface area contributed by atoms with Gasteiger partial charge in [0.15, 0.2) is 0 Å². The van der Waals surface area contributed by atoms with Gasteiger partial charge in [-0.1, -0.05) is 12.7 Å². The summed E-state index contributed by atoms with van der Waals surface area (Å²) in [4.78, 5) is 13.1. The van der Waals surface area contributed by atoms with Gasteiger partial charge in [-0.15, -0.1) is 0 Å². The molecule has 0 N–H and O–H groups in total. The van der Waals surface area contributed by atoms with E-state index in [0.717, 1.165) is 0 Å². The molecular formula is C10H8N2O3. The maximum absolute atomic E-state index is 10.5. The van der Waals surface area contributed by atoms with Crippen LogP contribution in [0, 0.1) is 16.7 Å². The number of nitro groups is 1. The molecular weight excluding hydrogens is 196 g/mol. The standard InChI is InChI=1S/C10H8N2O3/c1-3-6-15-10-7-8(12(13)14)4-5-9(10)11-2/h3-5,7H,1,6H2. The third kappa shape index (κ3) is 2.54. The minimum atomic E-state index is -0.533. The number of nitrogens with zero attached hydrogens (tertiary/aromatic N) is 2. The van der Waals surface area contributed by atoms with Crippen molar-refractivity contribution in [3.63, 3.8) is 0 Å². The Hall–Kier alpha value is -2.35. The average Bonchev–Trinajstić information content (AvgIpc) is 2.25. The second-order valence-corrected chi connectivity index (χ2v) is 2.62. The molecule has 1 aromatic rings. The van der Waals surface area contributed by atoms with Crippen LogP contribution in [0.15, 0.2) is 30.9 Å². The fourth-order valence-corrected chi connectivity index (χ4v) is 0.973. The molecule has 0 spiro atoms. The normalized spacial score (nSPS) is 9.00. The lowest BCUT2D eigenvalue weighted by Gasteiger charge is -2.04. The maximum Gasteiger partial charge on any atom is 0.270 e. The van der Waals surface area contributed by atoms with Gasteiger partial charge in [-0.3, -0.25) is 10.1 Å². The van der Waals surface area contributed by atoms with E-state index < -0.39 is 4.92 Å². The SMILES string of the molecule is [C-]#[N+]c1ccc([N+](=O)[O-])cc1OCC=C. The molecule has 0 saturated heterocycles. The Morgan fingerprint density at radius 1 is 1.67 bits per heavy atom. The summed E-state index contributed by atoms with van der Waals surface area (Å²) in [5, 5.41) is 10.5. The van der Waals surface area contributed by atoms with Crippen LogP contribution in [0.1, 0.15) is 0 Å². The smallest absolute Gasteiger partial charge is 0.270 e. The first kappa shape index (κ1) is 10.7. The Labute approximate surface area is 86.6 Å². The molecule has 0 bridgehead atoms. The van der Waals surface area contributed by atoms with Crippen LogP contribution in [0.5, 0.6) is 5.75 Å². The molecule has 76 valence electrons. The number of hydrogen-bond donors (Lipinski definition) is 0. The van der Waals surface area contributed by atoms with Gasteiger partial charge < -0.3 is 4.74 Å². The summed E-state index contributed by atoms with van der Waals surface area (Å²) in [5.74, 6) is 0.208. The lowest BCUT2D eigenvalue weighted by atomic mass is 10.2. The summed E-state index contributed by atoms with van der Waals surface area (Å²) in [6.45, 7) is 10.5. The zero-order valence-corrected chi connectivity index (χ0v) is 7.84. The van der Waals surface area contributed by atoms with Crippen LogP contribution in [0.2, 0.25) is 0 Å². The Morgan fingerprint density at radius 3 is 2.93 bits per heavy atom. The second kappa shape index (κ2) is 4.77. The first-order valence-corrected chi connectivity index (χ1v) is 4.08. The maximum atomic E-state index is 10.5. The zero-order chi connectivity index (χ0) is 11.3. The van der Waals surface area contributed by atoms with Gasteiger partial charge in [0.2, 0.25) is 5.69 Å². The molecule has 0 unspecified atom stereocenters. The van der Waals surface area contributed by atoms with Crippen molar-refractivity contribution >= 4 is 11.4 Å². The van der Waals surface area contributed by atoms with E-state index in [9.17, 15) is 10.1 Å². The molecule has 0 saturated carbocycles. The summed E-state index contributed by atoms with van der Waals surface area (Å²) in [6.07, 6.45) is 1.51. The molecule has 0 aliphatic heterocycles. The first-order chi connectivity index (χ1) is 7.19. The van der Waals surface area contributed by atoms with E-state index in [1.54, 1.807) is 0 Å². The van der Waals surface area contributed by atoms with E-state index >= 15 is 0 Å². The first-order valence-electron chi connectivity index (χ1n) is 4.08. The van der Waals surface area contributed by atoms with Gasteiger partial charge in [-0.25, -0.2) is 4.85 Å². The van der Waals surface area contributed by atoms with E-state index in [0.29, 0.717) is 0 Å². The minimum Gasteiger partial charge on any atom is -0.500 e. The third-order valence-corrected chi connectivity index (χ3v) is 1.63. The van der Waals surface area contributed by atoms with Crippen molar-refractivity contribution in [2.45, 2.75) is 0 Å².